The average Bonchev–Trinajstić information content (AvgIpc) is 2.93. The SMILES string of the molecule is CNC(=O)c1ccc(Nc2ncnc3ccc(-c4ccc(C(=O)N5CCNCC5)cc4)nc23)cc1. The maximum absolute atomic E-state index is 12.8. The van der Waals surface area contributed by atoms with Crippen molar-refractivity contribution in [3.63, 3.8) is 0 Å². The van der Waals surface area contributed by atoms with Gasteiger partial charge < -0.3 is 20.9 Å². The number of rotatable bonds is 5. The Balaban J connectivity index is 1.39. The Morgan fingerprint density at radius 3 is 2.31 bits per heavy atom. The van der Waals surface area contributed by atoms with Crippen LogP contribution >= 0.6 is 0 Å². The normalized spacial score (nSPS) is 13.5. The summed E-state index contributed by atoms with van der Waals surface area (Å²) in [6.07, 6.45) is 1.49. The van der Waals surface area contributed by atoms with Gasteiger partial charge in [0.1, 0.15) is 11.8 Å². The van der Waals surface area contributed by atoms with E-state index in [2.05, 4.69) is 25.9 Å². The second-order valence-corrected chi connectivity index (χ2v) is 8.19. The van der Waals surface area contributed by atoms with E-state index in [9.17, 15) is 9.59 Å². The lowest BCUT2D eigenvalue weighted by Crippen LogP contribution is -2.46. The molecule has 2 aromatic heterocycles. The van der Waals surface area contributed by atoms with E-state index in [-0.39, 0.29) is 11.8 Å². The summed E-state index contributed by atoms with van der Waals surface area (Å²) >= 11 is 0. The number of fused-ring (bicyclic) bond motifs is 1. The van der Waals surface area contributed by atoms with E-state index in [0.29, 0.717) is 28.0 Å². The highest BCUT2D eigenvalue weighted by Crippen LogP contribution is 2.26. The summed E-state index contributed by atoms with van der Waals surface area (Å²) in [6, 6.07) is 18.5. The van der Waals surface area contributed by atoms with E-state index in [1.807, 2.05) is 53.4 Å². The van der Waals surface area contributed by atoms with Crippen LogP contribution in [0.1, 0.15) is 20.7 Å². The molecule has 35 heavy (non-hydrogen) atoms. The number of nitrogens with zero attached hydrogens (tertiary/aromatic N) is 4. The molecule has 1 fully saturated rings. The number of amides is 2. The lowest BCUT2D eigenvalue weighted by atomic mass is 10.1. The molecular weight excluding hydrogens is 442 g/mol. The molecule has 2 amide bonds. The zero-order valence-electron chi connectivity index (χ0n) is 19.3. The molecule has 3 N–H and O–H groups in total. The van der Waals surface area contributed by atoms with E-state index < -0.39 is 0 Å². The summed E-state index contributed by atoms with van der Waals surface area (Å²) in [6.45, 7) is 3.08. The third-order valence-electron chi connectivity index (χ3n) is 5.95. The Hall–Kier alpha value is -4.37. The number of carbonyl (C=O) groups excluding carboxylic acids is 2. The summed E-state index contributed by atoms with van der Waals surface area (Å²) < 4.78 is 0. The number of pyridine rings is 1. The molecule has 0 bridgehead atoms. The summed E-state index contributed by atoms with van der Waals surface area (Å²) in [7, 11) is 1.60. The van der Waals surface area contributed by atoms with E-state index >= 15 is 0 Å². The number of nitrogens with one attached hydrogen (secondary N) is 3. The monoisotopic (exact) mass is 467 g/mol. The summed E-state index contributed by atoms with van der Waals surface area (Å²) in [4.78, 5) is 39.9. The first-order chi connectivity index (χ1) is 17.1. The second-order valence-electron chi connectivity index (χ2n) is 8.19. The van der Waals surface area contributed by atoms with Crippen molar-refractivity contribution in [3.8, 4) is 11.3 Å². The molecule has 176 valence electrons. The van der Waals surface area contributed by atoms with Gasteiger partial charge in [0.25, 0.3) is 11.8 Å². The van der Waals surface area contributed by atoms with E-state index in [4.69, 9.17) is 4.98 Å². The molecule has 0 radical (unpaired) electrons. The van der Waals surface area contributed by atoms with Crippen molar-refractivity contribution in [3.05, 3.63) is 78.1 Å². The van der Waals surface area contributed by atoms with Gasteiger partial charge >= 0.3 is 0 Å². The Morgan fingerprint density at radius 1 is 0.886 bits per heavy atom. The molecule has 0 saturated carbocycles. The molecule has 5 rings (SSSR count). The molecule has 3 heterocycles. The van der Waals surface area contributed by atoms with Gasteiger partial charge in [0.2, 0.25) is 0 Å². The third-order valence-corrected chi connectivity index (χ3v) is 5.95. The van der Waals surface area contributed by atoms with Crippen molar-refractivity contribution in [2.75, 3.05) is 38.5 Å². The molecule has 0 atom stereocenters. The largest absolute Gasteiger partial charge is 0.355 e. The Morgan fingerprint density at radius 2 is 1.60 bits per heavy atom. The van der Waals surface area contributed by atoms with Crippen molar-refractivity contribution in [2.24, 2.45) is 0 Å². The summed E-state index contributed by atoms with van der Waals surface area (Å²) in [5.41, 5.74) is 5.01. The van der Waals surface area contributed by atoms with E-state index in [0.717, 1.165) is 43.1 Å². The van der Waals surface area contributed by atoms with Crippen LogP contribution in [0, 0.1) is 0 Å². The predicted octanol–water partition coefficient (Wildman–Crippen LogP) is 2.84. The molecule has 1 aliphatic rings. The minimum Gasteiger partial charge on any atom is -0.355 e. The molecule has 9 nitrogen and oxygen atoms in total. The number of hydrogen-bond donors (Lipinski definition) is 3. The fourth-order valence-corrected chi connectivity index (χ4v) is 4.01. The fourth-order valence-electron chi connectivity index (χ4n) is 4.01. The Kier molecular flexibility index (Phi) is 6.32. The predicted molar refractivity (Wildman–Crippen MR) is 135 cm³/mol. The standard InChI is InChI=1S/C26H25N7O2/c1-27-25(34)18-6-8-20(9-7-18)31-24-23-22(29-16-30-24)11-10-21(32-23)17-2-4-19(5-3-17)26(35)33-14-12-28-13-15-33/h2-11,16,28H,12-15H2,1H3,(H,27,34)(H,29,30,31). The lowest BCUT2D eigenvalue weighted by Gasteiger charge is -2.27. The van der Waals surface area contributed by atoms with Crippen LogP contribution in [0.15, 0.2) is 67.0 Å². The average molecular weight is 468 g/mol. The number of aromatic nitrogens is 3. The van der Waals surface area contributed by atoms with Crippen LogP contribution in [-0.4, -0.2) is 64.9 Å². The Bertz CT molecular complexity index is 1370. The number of piperazine rings is 1. The molecule has 1 aliphatic heterocycles. The van der Waals surface area contributed by atoms with Gasteiger partial charge in [-0.2, -0.15) is 0 Å². The highest BCUT2D eigenvalue weighted by Gasteiger charge is 2.18. The van der Waals surface area contributed by atoms with Crippen LogP contribution in [0.3, 0.4) is 0 Å². The first kappa shape index (κ1) is 22.4. The van der Waals surface area contributed by atoms with Crippen LogP contribution in [0.5, 0.6) is 0 Å². The van der Waals surface area contributed by atoms with Gasteiger partial charge in [-0.1, -0.05) is 12.1 Å². The first-order valence-corrected chi connectivity index (χ1v) is 11.4. The van der Waals surface area contributed by atoms with Crippen molar-refractivity contribution >= 4 is 34.4 Å². The van der Waals surface area contributed by atoms with Crippen LogP contribution in [0.4, 0.5) is 11.5 Å². The minimum absolute atomic E-state index is 0.0480. The summed E-state index contributed by atoms with van der Waals surface area (Å²) in [5.74, 6) is 0.470. The van der Waals surface area contributed by atoms with E-state index in [1.165, 1.54) is 6.33 Å². The van der Waals surface area contributed by atoms with Crippen molar-refractivity contribution < 1.29 is 9.59 Å². The zero-order valence-corrected chi connectivity index (χ0v) is 19.3. The van der Waals surface area contributed by atoms with Gasteiger partial charge in [-0.05, 0) is 48.5 Å². The molecule has 1 saturated heterocycles. The lowest BCUT2D eigenvalue weighted by molar-refractivity contribution is 0.0735. The molecule has 4 aromatic rings. The number of benzene rings is 2. The van der Waals surface area contributed by atoms with Crippen molar-refractivity contribution in [2.45, 2.75) is 0 Å². The maximum atomic E-state index is 12.8. The molecule has 2 aromatic carbocycles. The minimum atomic E-state index is -0.143. The molecule has 0 spiro atoms. The van der Waals surface area contributed by atoms with Crippen molar-refractivity contribution in [1.82, 2.24) is 30.5 Å². The second kappa shape index (κ2) is 9.86. The molecule has 0 unspecified atom stereocenters. The van der Waals surface area contributed by atoms with Gasteiger partial charge in [0.15, 0.2) is 5.82 Å². The van der Waals surface area contributed by atoms with E-state index in [1.54, 1.807) is 19.2 Å². The number of hydrogen-bond acceptors (Lipinski definition) is 7. The van der Waals surface area contributed by atoms with Crippen LogP contribution in [0.2, 0.25) is 0 Å². The first-order valence-electron chi connectivity index (χ1n) is 11.4. The van der Waals surface area contributed by atoms with Gasteiger partial charge in [-0.25, -0.2) is 15.0 Å². The third kappa shape index (κ3) is 4.80. The summed E-state index contributed by atoms with van der Waals surface area (Å²) in [5, 5.41) is 9.14. The van der Waals surface area contributed by atoms with Gasteiger partial charge in [-0.3, -0.25) is 9.59 Å². The maximum Gasteiger partial charge on any atom is 0.253 e. The number of anilines is 2. The zero-order chi connectivity index (χ0) is 24.2. The topological polar surface area (TPSA) is 112 Å². The Labute approximate surface area is 202 Å². The molecular formula is C26H25N7O2. The van der Waals surface area contributed by atoms with Gasteiger partial charge in [-0.15, -0.1) is 0 Å². The number of carbonyl (C=O) groups is 2. The highest BCUT2D eigenvalue weighted by atomic mass is 16.2. The van der Waals surface area contributed by atoms with Crippen molar-refractivity contribution in [1.29, 1.82) is 0 Å². The quantitative estimate of drug-likeness (QED) is 0.414. The van der Waals surface area contributed by atoms with Crippen LogP contribution < -0.4 is 16.0 Å². The molecule has 9 heteroatoms. The highest BCUT2D eigenvalue weighted by molar-refractivity contribution is 5.95. The fraction of sp³-hybridized carbons (Fsp3) is 0.192. The van der Waals surface area contributed by atoms with Crippen LogP contribution in [-0.2, 0) is 0 Å². The smallest absolute Gasteiger partial charge is 0.253 e. The molecule has 0 aliphatic carbocycles. The van der Waals surface area contributed by atoms with Crippen LogP contribution in [0.25, 0.3) is 22.3 Å². The van der Waals surface area contributed by atoms with Gasteiger partial charge in [0, 0.05) is 55.6 Å². The van der Waals surface area contributed by atoms with Gasteiger partial charge in [0.05, 0.1) is 11.2 Å².